The maximum atomic E-state index is 12.5. The van der Waals surface area contributed by atoms with Gasteiger partial charge in [-0.1, -0.05) is 6.07 Å². The summed E-state index contributed by atoms with van der Waals surface area (Å²) >= 11 is 1.33. The minimum atomic E-state index is -3.57. The van der Waals surface area contributed by atoms with Crippen molar-refractivity contribution in [1.29, 1.82) is 0 Å². The second-order valence-electron chi connectivity index (χ2n) is 5.07. The van der Waals surface area contributed by atoms with Crippen molar-refractivity contribution in [2.75, 3.05) is 25.1 Å². The van der Waals surface area contributed by atoms with Gasteiger partial charge in [0.1, 0.15) is 0 Å². The second-order valence-corrected chi connectivity index (χ2v) is 7.88. The summed E-state index contributed by atoms with van der Waals surface area (Å²) in [6.45, 7) is 1.01. The SMILES string of the molecule is CSCC(=O)NNC(=O)c1cccc(S(=O)(=O)N2CCCC2)c1. The predicted molar refractivity (Wildman–Crippen MR) is 88.4 cm³/mol. The van der Waals surface area contributed by atoms with Crippen LogP contribution in [0.2, 0.25) is 0 Å². The van der Waals surface area contributed by atoms with E-state index in [1.165, 1.54) is 40.3 Å². The normalized spacial score (nSPS) is 15.3. The summed E-state index contributed by atoms with van der Waals surface area (Å²) in [5, 5.41) is 0. The number of nitrogens with zero attached hydrogens (tertiary/aromatic N) is 1. The highest BCUT2D eigenvalue weighted by atomic mass is 32.2. The smallest absolute Gasteiger partial charge is 0.269 e. The van der Waals surface area contributed by atoms with Crippen molar-refractivity contribution in [1.82, 2.24) is 15.2 Å². The summed E-state index contributed by atoms with van der Waals surface area (Å²) in [5.41, 5.74) is 4.72. The molecule has 0 aromatic heterocycles. The lowest BCUT2D eigenvalue weighted by Gasteiger charge is -2.16. The molecule has 0 aliphatic carbocycles. The lowest BCUT2D eigenvalue weighted by molar-refractivity contribution is -0.119. The van der Waals surface area contributed by atoms with E-state index >= 15 is 0 Å². The van der Waals surface area contributed by atoms with Crippen molar-refractivity contribution in [3.05, 3.63) is 29.8 Å². The Hall–Kier alpha value is -1.58. The molecule has 1 heterocycles. The molecule has 1 aromatic rings. The zero-order valence-electron chi connectivity index (χ0n) is 12.7. The standard InChI is InChI=1S/C14H19N3O4S2/c1-22-10-13(18)15-16-14(19)11-5-4-6-12(9-11)23(20,21)17-7-2-3-8-17/h4-6,9H,2-3,7-8,10H2,1H3,(H,15,18)(H,16,19). The van der Waals surface area contributed by atoms with Crippen molar-refractivity contribution in [3.63, 3.8) is 0 Å². The van der Waals surface area contributed by atoms with Crippen molar-refractivity contribution in [2.45, 2.75) is 17.7 Å². The fourth-order valence-corrected chi connectivity index (χ4v) is 4.14. The minimum Gasteiger partial charge on any atom is -0.272 e. The number of sulfonamides is 1. The van der Waals surface area contributed by atoms with Crippen molar-refractivity contribution < 1.29 is 18.0 Å². The molecular formula is C14H19N3O4S2. The van der Waals surface area contributed by atoms with Crippen molar-refractivity contribution in [3.8, 4) is 0 Å². The number of hydrogen-bond acceptors (Lipinski definition) is 5. The lowest BCUT2D eigenvalue weighted by atomic mass is 10.2. The number of carbonyl (C=O) groups is 2. The number of hydrogen-bond donors (Lipinski definition) is 2. The van der Waals surface area contributed by atoms with E-state index in [2.05, 4.69) is 10.9 Å². The highest BCUT2D eigenvalue weighted by Crippen LogP contribution is 2.21. The molecule has 0 spiro atoms. The Balaban J connectivity index is 2.10. The van der Waals surface area contributed by atoms with Gasteiger partial charge in [-0.15, -0.1) is 0 Å². The van der Waals surface area contributed by atoms with E-state index < -0.39 is 15.9 Å². The summed E-state index contributed by atoms with van der Waals surface area (Å²) in [6, 6.07) is 5.81. The van der Waals surface area contributed by atoms with Crippen LogP contribution >= 0.6 is 11.8 Å². The van der Waals surface area contributed by atoms with E-state index in [0.29, 0.717) is 13.1 Å². The number of rotatable bonds is 5. The molecule has 0 saturated carbocycles. The molecular weight excluding hydrogens is 338 g/mol. The highest BCUT2D eigenvalue weighted by Gasteiger charge is 2.27. The third-order valence-corrected chi connectivity index (χ3v) is 5.84. The van der Waals surface area contributed by atoms with Gasteiger partial charge in [-0.05, 0) is 37.3 Å². The van der Waals surface area contributed by atoms with Crippen LogP contribution in [0.15, 0.2) is 29.2 Å². The van der Waals surface area contributed by atoms with Crippen LogP contribution in [0.5, 0.6) is 0 Å². The Kier molecular flexibility index (Phi) is 6.03. The van der Waals surface area contributed by atoms with Crippen LogP contribution in [0.1, 0.15) is 23.2 Å². The zero-order valence-corrected chi connectivity index (χ0v) is 14.4. The summed E-state index contributed by atoms with van der Waals surface area (Å²) in [6.07, 6.45) is 3.47. The summed E-state index contributed by atoms with van der Waals surface area (Å²) < 4.78 is 26.4. The third kappa shape index (κ3) is 4.46. The Morgan fingerprint density at radius 2 is 1.91 bits per heavy atom. The molecule has 23 heavy (non-hydrogen) atoms. The monoisotopic (exact) mass is 357 g/mol. The molecule has 0 atom stereocenters. The van der Waals surface area contributed by atoms with E-state index in [-0.39, 0.29) is 22.1 Å². The van der Waals surface area contributed by atoms with Gasteiger partial charge in [-0.25, -0.2) is 8.42 Å². The molecule has 2 N–H and O–H groups in total. The van der Waals surface area contributed by atoms with Crippen LogP contribution in [0.25, 0.3) is 0 Å². The van der Waals surface area contributed by atoms with Gasteiger partial charge in [0.15, 0.2) is 0 Å². The molecule has 1 aliphatic rings. The quantitative estimate of drug-likeness (QED) is 0.752. The molecule has 9 heteroatoms. The van der Waals surface area contributed by atoms with Gasteiger partial charge in [0.05, 0.1) is 10.6 Å². The van der Waals surface area contributed by atoms with Crippen LogP contribution in [0, 0.1) is 0 Å². The Morgan fingerprint density at radius 3 is 2.57 bits per heavy atom. The van der Waals surface area contributed by atoms with Gasteiger partial charge < -0.3 is 0 Å². The third-order valence-electron chi connectivity index (χ3n) is 3.39. The van der Waals surface area contributed by atoms with Gasteiger partial charge in [-0.3, -0.25) is 20.4 Å². The topological polar surface area (TPSA) is 95.6 Å². The van der Waals surface area contributed by atoms with Crippen LogP contribution < -0.4 is 10.9 Å². The van der Waals surface area contributed by atoms with Gasteiger partial charge in [-0.2, -0.15) is 16.1 Å². The first kappa shape index (κ1) is 17.8. The Labute approximate surface area is 139 Å². The Morgan fingerprint density at radius 1 is 1.22 bits per heavy atom. The largest absolute Gasteiger partial charge is 0.272 e. The number of thioether (sulfide) groups is 1. The maximum absolute atomic E-state index is 12.5. The first-order valence-electron chi connectivity index (χ1n) is 7.13. The summed E-state index contributed by atoms with van der Waals surface area (Å²) in [7, 11) is -3.57. The Bertz CT molecular complexity index is 685. The fourth-order valence-electron chi connectivity index (χ4n) is 2.24. The molecule has 0 radical (unpaired) electrons. The van der Waals surface area contributed by atoms with Gasteiger partial charge in [0.25, 0.3) is 5.91 Å². The average Bonchev–Trinajstić information content (AvgIpc) is 3.08. The van der Waals surface area contributed by atoms with E-state index in [4.69, 9.17) is 0 Å². The number of nitrogens with one attached hydrogen (secondary N) is 2. The lowest BCUT2D eigenvalue weighted by Crippen LogP contribution is -2.42. The van der Waals surface area contributed by atoms with E-state index in [0.717, 1.165) is 12.8 Å². The second kappa shape index (κ2) is 7.80. The summed E-state index contributed by atoms with van der Waals surface area (Å²) in [4.78, 5) is 23.4. The molecule has 0 bridgehead atoms. The number of benzene rings is 1. The van der Waals surface area contributed by atoms with E-state index in [1.54, 1.807) is 6.26 Å². The highest BCUT2D eigenvalue weighted by molar-refractivity contribution is 7.99. The fraction of sp³-hybridized carbons (Fsp3) is 0.429. The molecule has 7 nitrogen and oxygen atoms in total. The minimum absolute atomic E-state index is 0.0856. The maximum Gasteiger partial charge on any atom is 0.269 e. The number of carbonyl (C=O) groups excluding carboxylic acids is 2. The first-order valence-corrected chi connectivity index (χ1v) is 9.97. The van der Waals surface area contributed by atoms with Crippen LogP contribution in [0.4, 0.5) is 0 Å². The molecule has 1 saturated heterocycles. The average molecular weight is 357 g/mol. The summed E-state index contributed by atoms with van der Waals surface area (Å²) in [5.74, 6) is -0.659. The van der Waals surface area contributed by atoms with E-state index in [1.807, 2.05) is 0 Å². The van der Waals surface area contributed by atoms with E-state index in [9.17, 15) is 18.0 Å². The van der Waals surface area contributed by atoms with Gasteiger partial charge in [0.2, 0.25) is 15.9 Å². The van der Waals surface area contributed by atoms with Crippen LogP contribution in [-0.4, -0.2) is 49.6 Å². The number of amides is 2. The molecule has 1 fully saturated rings. The zero-order chi connectivity index (χ0) is 16.9. The molecule has 126 valence electrons. The van der Waals surface area contributed by atoms with Gasteiger partial charge >= 0.3 is 0 Å². The van der Waals surface area contributed by atoms with Gasteiger partial charge in [0, 0.05) is 18.7 Å². The van der Waals surface area contributed by atoms with Crippen molar-refractivity contribution >= 4 is 33.6 Å². The van der Waals surface area contributed by atoms with Crippen LogP contribution in [-0.2, 0) is 14.8 Å². The number of hydrazine groups is 1. The first-order chi connectivity index (χ1) is 10.9. The molecule has 0 unspecified atom stereocenters. The molecule has 2 amide bonds. The molecule has 1 aliphatic heterocycles. The predicted octanol–water partition coefficient (Wildman–Crippen LogP) is 0.595. The van der Waals surface area contributed by atoms with Crippen molar-refractivity contribution in [2.24, 2.45) is 0 Å². The van der Waals surface area contributed by atoms with Crippen LogP contribution in [0.3, 0.4) is 0 Å². The molecule has 2 rings (SSSR count). The molecule has 1 aromatic carbocycles.